The van der Waals surface area contributed by atoms with E-state index in [0.717, 1.165) is 17.3 Å². The standard InChI is InChI=1S/C32H38N3O/c1-20(2)24-13-11-14-25(21(3)4)31(24)34-19-18-33(8)32(34)35-28-15-10-9-12-26(28)27-16-17-29(36-22(5)6)23(7)30(27)35/h9-22H,1-8H3/q+1. The van der Waals surface area contributed by atoms with Crippen molar-refractivity contribution < 1.29 is 9.30 Å². The second kappa shape index (κ2) is 9.16. The summed E-state index contributed by atoms with van der Waals surface area (Å²) in [6, 6.07) is 19.8. The minimum Gasteiger partial charge on any atom is -0.491 e. The normalized spacial score (nSPS) is 12.1. The largest absolute Gasteiger partial charge is 0.491 e. The minimum absolute atomic E-state index is 0.116. The molecule has 0 aliphatic carbocycles. The number of ether oxygens (including phenoxy) is 1. The maximum absolute atomic E-state index is 6.24. The van der Waals surface area contributed by atoms with E-state index in [9.17, 15) is 0 Å². The lowest BCUT2D eigenvalue weighted by Gasteiger charge is -2.19. The predicted molar refractivity (Wildman–Crippen MR) is 150 cm³/mol. The maximum Gasteiger partial charge on any atom is 0.374 e. The van der Waals surface area contributed by atoms with Crippen LogP contribution in [0.1, 0.15) is 70.1 Å². The molecule has 36 heavy (non-hydrogen) atoms. The lowest BCUT2D eigenvalue weighted by atomic mass is 9.92. The summed E-state index contributed by atoms with van der Waals surface area (Å²) in [6.45, 7) is 15.5. The Bertz CT molecular complexity index is 1540. The van der Waals surface area contributed by atoms with Crippen molar-refractivity contribution in [2.24, 2.45) is 7.05 Å². The quantitative estimate of drug-likeness (QED) is 0.228. The molecule has 2 heterocycles. The van der Waals surface area contributed by atoms with Gasteiger partial charge in [0.15, 0.2) is 0 Å². The van der Waals surface area contributed by atoms with Gasteiger partial charge in [0.05, 0.1) is 19.3 Å². The molecule has 0 aliphatic rings. The zero-order valence-electron chi connectivity index (χ0n) is 22.8. The first-order valence-corrected chi connectivity index (χ1v) is 13.1. The number of hydrogen-bond acceptors (Lipinski definition) is 1. The first kappa shape index (κ1) is 24.2. The highest BCUT2D eigenvalue weighted by atomic mass is 16.5. The van der Waals surface area contributed by atoms with Crippen molar-refractivity contribution in [3.8, 4) is 17.4 Å². The van der Waals surface area contributed by atoms with Crippen LogP contribution in [0.25, 0.3) is 33.4 Å². The van der Waals surface area contributed by atoms with Gasteiger partial charge in [0.2, 0.25) is 0 Å². The van der Waals surface area contributed by atoms with E-state index in [4.69, 9.17) is 4.74 Å². The van der Waals surface area contributed by atoms with Gasteiger partial charge < -0.3 is 4.74 Å². The summed E-state index contributed by atoms with van der Waals surface area (Å²) < 4.78 is 13.3. The third-order valence-electron chi connectivity index (χ3n) is 7.16. The van der Waals surface area contributed by atoms with Gasteiger partial charge in [-0.15, -0.1) is 0 Å². The predicted octanol–water partition coefficient (Wildman–Crippen LogP) is 7.74. The van der Waals surface area contributed by atoms with Crippen molar-refractivity contribution in [2.45, 2.75) is 66.4 Å². The molecule has 4 heteroatoms. The summed E-state index contributed by atoms with van der Waals surface area (Å²) in [7, 11) is 2.14. The van der Waals surface area contributed by atoms with Crippen LogP contribution in [0.2, 0.25) is 0 Å². The van der Waals surface area contributed by atoms with Crippen molar-refractivity contribution in [1.29, 1.82) is 0 Å². The van der Waals surface area contributed by atoms with E-state index in [2.05, 4.69) is 136 Å². The van der Waals surface area contributed by atoms with Crippen LogP contribution in [-0.2, 0) is 7.05 Å². The van der Waals surface area contributed by atoms with Crippen LogP contribution >= 0.6 is 0 Å². The molecule has 3 aromatic carbocycles. The highest BCUT2D eigenvalue weighted by molar-refractivity contribution is 6.10. The number of aryl methyl sites for hydroxylation is 2. The number of imidazole rings is 1. The molecule has 2 aromatic heterocycles. The molecule has 0 fully saturated rings. The molecule has 0 amide bonds. The number of para-hydroxylation sites is 2. The monoisotopic (exact) mass is 480 g/mol. The average molecular weight is 481 g/mol. The number of rotatable bonds is 6. The lowest BCUT2D eigenvalue weighted by Crippen LogP contribution is -2.33. The Balaban J connectivity index is 1.93. The van der Waals surface area contributed by atoms with E-state index in [0.29, 0.717) is 11.8 Å². The maximum atomic E-state index is 6.24. The molecule has 0 unspecified atom stereocenters. The van der Waals surface area contributed by atoms with E-state index in [-0.39, 0.29) is 6.10 Å². The van der Waals surface area contributed by atoms with Crippen LogP contribution in [0.15, 0.2) is 67.0 Å². The molecule has 5 aromatic rings. The van der Waals surface area contributed by atoms with Gasteiger partial charge in [0, 0.05) is 16.3 Å². The fourth-order valence-electron chi connectivity index (χ4n) is 5.49. The van der Waals surface area contributed by atoms with Gasteiger partial charge in [-0.1, -0.05) is 64.1 Å². The van der Waals surface area contributed by atoms with Crippen molar-refractivity contribution in [2.75, 3.05) is 0 Å². The van der Waals surface area contributed by atoms with Gasteiger partial charge in [-0.3, -0.25) is 0 Å². The molecular weight excluding hydrogens is 442 g/mol. The Morgan fingerprint density at radius 3 is 2.08 bits per heavy atom. The van der Waals surface area contributed by atoms with Gasteiger partial charge >= 0.3 is 5.95 Å². The van der Waals surface area contributed by atoms with Gasteiger partial charge in [-0.2, -0.15) is 4.57 Å². The molecule has 4 nitrogen and oxygen atoms in total. The van der Waals surface area contributed by atoms with Crippen LogP contribution in [0.5, 0.6) is 5.75 Å². The first-order valence-electron chi connectivity index (χ1n) is 13.1. The summed E-state index contributed by atoms with van der Waals surface area (Å²) in [5, 5.41) is 2.49. The van der Waals surface area contributed by atoms with E-state index in [1.54, 1.807) is 0 Å². The molecule has 0 aliphatic heterocycles. The smallest absolute Gasteiger partial charge is 0.374 e. The van der Waals surface area contributed by atoms with Crippen LogP contribution < -0.4 is 9.30 Å². The Morgan fingerprint density at radius 1 is 0.778 bits per heavy atom. The molecule has 0 saturated carbocycles. The van der Waals surface area contributed by atoms with Crippen molar-refractivity contribution >= 4 is 21.8 Å². The third kappa shape index (κ3) is 3.80. The minimum atomic E-state index is 0.116. The molecule has 0 radical (unpaired) electrons. The molecule has 0 saturated heterocycles. The summed E-state index contributed by atoms with van der Waals surface area (Å²) in [5.41, 5.74) is 7.56. The van der Waals surface area contributed by atoms with E-state index < -0.39 is 0 Å². The van der Waals surface area contributed by atoms with E-state index in [1.165, 1.54) is 38.6 Å². The number of nitrogens with zero attached hydrogens (tertiary/aromatic N) is 3. The summed E-state index contributed by atoms with van der Waals surface area (Å²) in [6.07, 6.45) is 4.50. The van der Waals surface area contributed by atoms with Gasteiger partial charge in [0.1, 0.15) is 28.7 Å². The highest BCUT2D eigenvalue weighted by Gasteiger charge is 2.29. The molecule has 0 bridgehead atoms. The number of benzene rings is 3. The molecule has 0 N–H and O–H groups in total. The second-order valence-corrected chi connectivity index (χ2v) is 10.8. The fourth-order valence-corrected chi connectivity index (χ4v) is 5.49. The molecule has 0 spiro atoms. The molecular formula is C32H38N3O+. The lowest BCUT2D eigenvalue weighted by molar-refractivity contribution is -0.664. The van der Waals surface area contributed by atoms with Crippen LogP contribution in [0.4, 0.5) is 0 Å². The van der Waals surface area contributed by atoms with Crippen LogP contribution in [0.3, 0.4) is 0 Å². The molecule has 0 atom stereocenters. The van der Waals surface area contributed by atoms with Crippen molar-refractivity contribution in [3.05, 3.63) is 83.7 Å². The Kier molecular flexibility index (Phi) is 6.15. The summed E-state index contributed by atoms with van der Waals surface area (Å²) in [5.74, 6) is 2.86. The van der Waals surface area contributed by atoms with Crippen LogP contribution in [-0.4, -0.2) is 15.2 Å². The molecule has 5 rings (SSSR count). The van der Waals surface area contributed by atoms with Crippen LogP contribution in [0, 0.1) is 6.92 Å². The van der Waals surface area contributed by atoms with Gasteiger partial charge in [-0.25, -0.2) is 9.13 Å². The first-order chi connectivity index (χ1) is 17.2. The van der Waals surface area contributed by atoms with Gasteiger partial charge in [0.25, 0.3) is 0 Å². The van der Waals surface area contributed by atoms with E-state index >= 15 is 0 Å². The SMILES string of the molecule is Cc1c(OC(C)C)ccc2c3ccccc3n(-c3n(-c4c(C(C)C)cccc4C(C)C)cc[n+]3C)c12. The third-order valence-corrected chi connectivity index (χ3v) is 7.16. The number of aromatic nitrogens is 3. The fraction of sp³-hybridized carbons (Fsp3) is 0.344. The Labute approximate surface area is 214 Å². The van der Waals surface area contributed by atoms with Crippen molar-refractivity contribution in [3.63, 3.8) is 0 Å². The van der Waals surface area contributed by atoms with Crippen molar-refractivity contribution in [1.82, 2.24) is 9.13 Å². The summed E-state index contributed by atoms with van der Waals surface area (Å²) in [4.78, 5) is 0. The molecule has 186 valence electrons. The van der Waals surface area contributed by atoms with E-state index in [1.807, 2.05) is 0 Å². The summed E-state index contributed by atoms with van der Waals surface area (Å²) >= 11 is 0. The van der Waals surface area contributed by atoms with Gasteiger partial charge in [-0.05, 0) is 61.9 Å². The Hall–Kier alpha value is -3.53. The zero-order chi connectivity index (χ0) is 25.7. The number of hydrogen-bond donors (Lipinski definition) is 0. The zero-order valence-corrected chi connectivity index (χ0v) is 22.8. The second-order valence-electron chi connectivity index (χ2n) is 10.8. The average Bonchev–Trinajstić information content (AvgIpc) is 3.37. The highest BCUT2D eigenvalue weighted by Crippen LogP contribution is 2.38. The Morgan fingerprint density at radius 2 is 1.44 bits per heavy atom. The number of fused-ring (bicyclic) bond motifs is 3. The topological polar surface area (TPSA) is 23.0 Å².